The van der Waals surface area contributed by atoms with Crippen LogP contribution in [0.1, 0.15) is 0 Å². The summed E-state index contributed by atoms with van der Waals surface area (Å²) >= 11 is 10.1. The molecule has 0 spiro atoms. The highest BCUT2D eigenvalue weighted by Gasteiger charge is 2.16. The molecule has 16 heavy (non-hydrogen) atoms. The SMILES string of the molecule is [O-][S+](c1ccc(Cl)cc1)c1cc(Cl)ncn1. The Morgan fingerprint density at radius 2 is 1.75 bits per heavy atom. The third kappa shape index (κ3) is 2.65. The van der Waals surface area contributed by atoms with Crippen molar-refractivity contribution in [2.45, 2.75) is 9.92 Å². The van der Waals surface area contributed by atoms with Crippen LogP contribution in [0.25, 0.3) is 0 Å². The molecule has 0 radical (unpaired) electrons. The summed E-state index contributed by atoms with van der Waals surface area (Å²) in [6.45, 7) is 0. The fourth-order valence-corrected chi connectivity index (χ4v) is 2.42. The standard InChI is InChI=1S/C10H6Cl2N2OS/c11-7-1-3-8(4-2-7)16(15)10-5-9(12)13-6-14-10/h1-6H. The first kappa shape index (κ1) is 11.7. The summed E-state index contributed by atoms with van der Waals surface area (Å²) in [5, 5.41) is 1.25. The molecule has 1 unspecified atom stereocenters. The molecule has 2 rings (SSSR count). The van der Waals surface area contributed by atoms with Gasteiger partial charge < -0.3 is 4.55 Å². The smallest absolute Gasteiger partial charge is 0.254 e. The van der Waals surface area contributed by atoms with E-state index in [0.29, 0.717) is 14.9 Å². The van der Waals surface area contributed by atoms with E-state index in [1.54, 1.807) is 24.3 Å². The Morgan fingerprint density at radius 1 is 1.06 bits per heavy atom. The molecule has 1 heterocycles. The highest BCUT2D eigenvalue weighted by atomic mass is 35.5. The molecule has 0 aliphatic rings. The van der Waals surface area contributed by atoms with E-state index in [2.05, 4.69) is 9.97 Å². The predicted molar refractivity (Wildman–Crippen MR) is 63.2 cm³/mol. The number of halogens is 2. The van der Waals surface area contributed by atoms with Crippen LogP contribution in [-0.4, -0.2) is 14.5 Å². The molecule has 1 aromatic heterocycles. The molecule has 82 valence electrons. The molecule has 0 bridgehead atoms. The third-order valence-electron chi connectivity index (χ3n) is 1.83. The lowest BCUT2D eigenvalue weighted by Crippen LogP contribution is -2.04. The lowest BCUT2D eigenvalue weighted by Gasteiger charge is -2.08. The number of hydrogen-bond acceptors (Lipinski definition) is 3. The first-order chi connectivity index (χ1) is 7.66. The number of rotatable bonds is 2. The van der Waals surface area contributed by atoms with Crippen molar-refractivity contribution < 1.29 is 4.55 Å². The fourth-order valence-electron chi connectivity index (χ4n) is 1.10. The summed E-state index contributed by atoms with van der Waals surface area (Å²) in [6.07, 6.45) is 1.28. The maximum atomic E-state index is 12.0. The number of nitrogens with zero attached hydrogens (tertiary/aromatic N) is 2. The van der Waals surface area contributed by atoms with Crippen LogP contribution in [0.4, 0.5) is 0 Å². The van der Waals surface area contributed by atoms with Crippen LogP contribution in [0.5, 0.6) is 0 Å². The van der Waals surface area contributed by atoms with Crippen molar-refractivity contribution in [3.8, 4) is 0 Å². The van der Waals surface area contributed by atoms with Crippen molar-refractivity contribution in [1.29, 1.82) is 0 Å². The Kier molecular flexibility index (Phi) is 3.66. The summed E-state index contributed by atoms with van der Waals surface area (Å²) in [7, 11) is 0. The Hall–Kier alpha value is -0.810. The summed E-state index contributed by atoms with van der Waals surface area (Å²) in [4.78, 5) is 8.26. The van der Waals surface area contributed by atoms with Crippen molar-refractivity contribution >= 4 is 34.4 Å². The van der Waals surface area contributed by atoms with Gasteiger partial charge in [0.15, 0.2) is 4.90 Å². The first-order valence-corrected chi connectivity index (χ1v) is 6.22. The topological polar surface area (TPSA) is 48.8 Å². The average molecular weight is 273 g/mol. The summed E-state index contributed by atoms with van der Waals surface area (Å²) in [6, 6.07) is 8.21. The molecular weight excluding hydrogens is 267 g/mol. The van der Waals surface area contributed by atoms with E-state index in [0.717, 1.165) is 0 Å². The quantitative estimate of drug-likeness (QED) is 0.624. The summed E-state index contributed by atoms with van der Waals surface area (Å²) < 4.78 is 12.0. The Bertz CT molecular complexity index is 492. The van der Waals surface area contributed by atoms with Crippen LogP contribution < -0.4 is 0 Å². The maximum Gasteiger partial charge on any atom is 0.254 e. The van der Waals surface area contributed by atoms with Crippen LogP contribution in [0.2, 0.25) is 10.2 Å². The first-order valence-electron chi connectivity index (χ1n) is 4.32. The van der Waals surface area contributed by atoms with Gasteiger partial charge in [0.25, 0.3) is 5.03 Å². The van der Waals surface area contributed by atoms with Crippen molar-refractivity contribution in [3.05, 3.63) is 46.8 Å². The monoisotopic (exact) mass is 272 g/mol. The molecule has 0 N–H and O–H groups in total. The van der Waals surface area contributed by atoms with E-state index < -0.39 is 11.2 Å². The molecule has 6 heteroatoms. The van der Waals surface area contributed by atoms with E-state index in [-0.39, 0.29) is 5.15 Å². The van der Waals surface area contributed by atoms with Gasteiger partial charge in [-0.15, -0.1) is 0 Å². The van der Waals surface area contributed by atoms with Crippen LogP contribution in [-0.2, 0) is 11.2 Å². The van der Waals surface area contributed by atoms with Crippen LogP contribution >= 0.6 is 23.2 Å². The second kappa shape index (κ2) is 5.01. The molecule has 1 atom stereocenters. The number of aromatic nitrogens is 2. The molecule has 1 aromatic carbocycles. The van der Waals surface area contributed by atoms with Crippen molar-refractivity contribution in [3.63, 3.8) is 0 Å². The minimum atomic E-state index is -1.36. The van der Waals surface area contributed by atoms with E-state index >= 15 is 0 Å². The van der Waals surface area contributed by atoms with Gasteiger partial charge in [0.05, 0.1) is 6.07 Å². The van der Waals surface area contributed by atoms with Crippen molar-refractivity contribution in [1.82, 2.24) is 9.97 Å². The highest BCUT2D eigenvalue weighted by Crippen LogP contribution is 2.21. The molecule has 2 aromatic rings. The second-order valence-corrected chi connectivity index (χ2v) is 5.15. The van der Waals surface area contributed by atoms with Gasteiger partial charge in [0, 0.05) is 16.2 Å². The zero-order valence-electron chi connectivity index (χ0n) is 7.93. The lowest BCUT2D eigenvalue weighted by molar-refractivity contribution is 0.591. The van der Waals surface area contributed by atoms with Gasteiger partial charge in [-0.1, -0.05) is 23.2 Å². The molecule has 0 aliphatic carbocycles. The van der Waals surface area contributed by atoms with Crippen molar-refractivity contribution in [2.24, 2.45) is 0 Å². The Labute approximate surface area is 106 Å². The van der Waals surface area contributed by atoms with E-state index in [1.807, 2.05) is 0 Å². The van der Waals surface area contributed by atoms with Crippen LogP contribution in [0.3, 0.4) is 0 Å². The van der Waals surface area contributed by atoms with Crippen LogP contribution in [0.15, 0.2) is 46.6 Å². The molecular formula is C10H6Cl2N2OS. The summed E-state index contributed by atoms with van der Waals surface area (Å²) in [5.74, 6) is 0. The predicted octanol–water partition coefficient (Wildman–Crippen LogP) is 2.95. The van der Waals surface area contributed by atoms with Gasteiger partial charge >= 0.3 is 0 Å². The van der Waals surface area contributed by atoms with E-state index in [9.17, 15) is 4.55 Å². The average Bonchev–Trinajstić information content (AvgIpc) is 2.29. The molecule has 0 saturated carbocycles. The van der Waals surface area contributed by atoms with Gasteiger partial charge in [-0.05, 0) is 24.3 Å². The largest absolute Gasteiger partial charge is 0.605 e. The molecule has 0 aliphatic heterocycles. The summed E-state index contributed by atoms with van der Waals surface area (Å²) in [5.41, 5.74) is 0. The number of hydrogen-bond donors (Lipinski definition) is 0. The second-order valence-electron chi connectivity index (χ2n) is 2.90. The molecule has 0 saturated heterocycles. The zero-order valence-corrected chi connectivity index (χ0v) is 10.3. The normalized spacial score (nSPS) is 12.4. The lowest BCUT2D eigenvalue weighted by atomic mass is 10.4. The fraction of sp³-hybridized carbons (Fsp3) is 0. The van der Waals surface area contributed by atoms with Gasteiger partial charge in [0.1, 0.15) is 11.5 Å². The minimum Gasteiger partial charge on any atom is -0.605 e. The highest BCUT2D eigenvalue weighted by molar-refractivity contribution is 7.91. The maximum absolute atomic E-state index is 12.0. The van der Waals surface area contributed by atoms with E-state index in [4.69, 9.17) is 23.2 Å². The molecule has 3 nitrogen and oxygen atoms in total. The minimum absolute atomic E-state index is 0.271. The Balaban J connectivity index is 2.31. The molecule has 0 amide bonds. The van der Waals surface area contributed by atoms with Gasteiger partial charge in [-0.3, -0.25) is 0 Å². The van der Waals surface area contributed by atoms with E-state index in [1.165, 1.54) is 12.4 Å². The number of benzene rings is 1. The third-order valence-corrected chi connectivity index (χ3v) is 3.59. The van der Waals surface area contributed by atoms with Gasteiger partial charge in [0.2, 0.25) is 0 Å². The van der Waals surface area contributed by atoms with Crippen molar-refractivity contribution in [2.75, 3.05) is 0 Å². The Morgan fingerprint density at radius 3 is 2.38 bits per heavy atom. The van der Waals surface area contributed by atoms with Gasteiger partial charge in [-0.25, -0.2) is 4.98 Å². The van der Waals surface area contributed by atoms with Gasteiger partial charge in [-0.2, -0.15) is 4.98 Å². The zero-order chi connectivity index (χ0) is 11.5. The van der Waals surface area contributed by atoms with Crippen LogP contribution in [0, 0.1) is 0 Å². The molecule has 0 fully saturated rings.